The average molecular weight is 471 g/mol. The van der Waals surface area contributed by atoms with E-state index in [2.05, 4.69) is 15.5 Å². The molecule has 0 aliphatic rings. The minimum absolute atomic E-state index is 0.0657. The van der Waals surface area contributed by atoms with Gasteiger partial charge in [0, 0.05) is 17.8 Å². The Morgan fingerprint density at radius 1 is 1.09 bits per heavy atom. The molecule has 0 aliphatic heterocycles. The highest BCUT2D eigenvalue weighted by molar-refractivity contribution is 7.15. The third-order valence-electron chi connectivity index (χ3n) is 4.19. The van der Waals surface area contributed by atoms with Crippen LogP contribution in [0.15, 0.2) is 65.1 Å². The maximum Gasteiger partial charge on any atom is 0.286 e. The normalized spacial score (nSPS) is 11.4. The minimum atomic E-state index is -0.513. The number of rotatable bonds is 6. The summed E-state index contributed by atoms with van der Waals surface area (Å²) >= 11 is 7.26. The van der Waals surface area contributed by atoms with Gasteiger partial charge in [-0.15, -0.1) is 10.2 Å². The molecule has 2 aromatic carbocycles. The van der Waals surface area contributed by atoms with Crippen molar-refractivity contribution < 1.29 is 18.5 Å². The lowest BCUT2D eigenvalue weighted by Crippen LogP contribution is -2.11. The summed E-state index contributed by atoms with van der Waals surface area (Å²) in [5.74, 6) is -0.275. The molecule has 0 radical (unpaired) electrons. The van der Waals surface area contributed by atoms with Crippen molar-refractivity contribution in [3.63, 3.8) is 0 Å². The summed E-state index contributed by atoms with van der Waals surface area (Å²) in [5, 5.41) is 22.1. The molecule has 8 nitrogen and oxygen atoms in total. The molecule has 1 N–H and O–H groups in total. The van der Waals surface area contributed by atoms with E-state index in [4.69, 9.17) is 16.0 Å². The van der Waals surface area contributed by atoms with Gasteiger partial charge >= 0.3 is 0 Å². The summed E-state index contributed by atoms with van der Waals surface area (Å²) in [6, 6.07) is 14.7. The molecule has 0 saturated carbocycles. The van der Waals surface area contributed by atoms with Crippen molar-refractivity contribution in [2.24, 2.45) is 0 Å². The molecule has 0 fully saturated rings. The maximum absolute atomic E-state index is 13.0. The highest BCUT2D eigenvalue weighted by atomic mass is 35.5. The molecule has 2 heterocycles. The van der Waals surface area contributed by atoms with Crippen molar-refractivity contribution in [1.82, 2.24) is 10.2 Å². The van der Waals surface area contributed by atoms with E-state index in [9.17, 15) is 19.3 Å². The van der Waals surface area contributed by atoms with E-state index < -0.39 is 16.6 Å². The molecule has 1 amide bonds. The zero-order valence-corrected chi connectivity index (χ0v) is 17.6. The Bertz CT molecular complexity index is 1330. The van der Waals surface area contributed by atoms with Gasteiger partial charge in [0.05, 0.1) is 15.5 Å². The second kappa shape index (κ2) is 9.08. The lowest BCUT2D eigenvalue weighted by molar-refractivity contribution is -0.384. The molecule has 0 atom stereocenters. The summed E-state index contributed by atoms with van der Waals surface area (Å²) in [4.78, 5) is 23.0. The van der Waals surface area contributed by atoms with Gasteiger partial charge in [0.2, 0.25) is 5.01 Å². The van der Waals surface area contributed by atoms with Crippen LogP contribution in [0.25, 0.3) is 22.4 Å². The molecule has 160 valence electrons. The number of anilines is 1. The van der Waals surface area contributed by atoms with Crippen molar-refractivity contribution in [3.05, 3.63) is 92.4 Å². The van der Waals surface area contributed by atoms with Crippen LogP contribution in [0.4, 0.5) is 15.8 Å². The predicted molar refractivity (Wildman–Crippen MR) is 119 cm³/mol. The van der Waals surface area contributed by atoms with Crippen LogP contribution in [0.2, 0.25) is 0 Å². The van der Waals surface area contributed by atoms with E-state index in [0.717, 1.165) is 11.3 Å². The van der Waals surface area contributed by atoms with Gasteiger partial charge in [0.25, 0.3) is 11.6 Å². The molecule has 0 aliphatic carbocycles. The highest BCUT2D eigenvalue weighted by Gasteiger charge is 2.18. The van der Waals surface area contributed by atoms with Crippen molar-refractivity contribution in [3.8, 4) is 11.3 Å². The fraction of sp³-hybridized carbons (Fsp3) is 0. The Hall–Kier alpha value is -3.89. The summed E-state index contributed by atoms with van der Waals surface area (Å²) in [6.07, 6.45) is 1.47. The maximum atomic E-state index is 13.0. The number of nitro groups is 1. The van der Waals surface area contributed by atoms with Crippen LogP contribution < -0.4 is 5.32 Å². The van der Waals surface area contributed by atoms with Crippen LogP contribution in [0.1, 0.15) is 20.6 Å². The van der Waals surface area contributed by atoms with Crippen molar-refractivity contribution in [2.75, 3.05) is 5.32 Å². The van der Waals surface area contributed by atoms with E-state index >= 15 is 0 Å². The van der Waals surface area contributed by atoms with E-state index in [0.29, 0.717) is 22.8 Å². The lowest BCUT2D eigenvalue weighted by atomic mass is 10.1. The molecule has 0 spiro atoms. The van der Waals surface area contributed by atoms with Gasteiger partial charge in [-0.25, -0.2) is 4.39 Å². The van der Waals surface area contributed by atoms with Crippen LogP contribution in [-0.4, -0.2) is 21.0 Å². The smallest absolute Gasteiger partial charge is 0.286 e. The molecular formula is C21H12ClFN4O4S. The van der Waals surface area contributed by atoms with Crippen LogP contribution in [0, 0.1) is 15.9 Å². The SMILES string of the molecule is O=C(Nc1ccc(F)cc1)c1nnc(/C(Cl)=C/c2ccc(-c3ccccc3[N+](=O)[O-])o2)s1. The van der Waals surface area contributed by atoms with Crippen molar-refractivity contribution >= 4 is 51.3 Å². The number of aromatic nitrogens is 2. The summed E-state index contributed by atoms with van der Waals surface area (Å²) < 4.78 is 18.7. The molecule has 0 unspecified atom stereocenters. The monoisotopic (exact) mass is 470 g/mol. The van der Waals surface area contributed by atoms with Gasteiger partial charge in [-0.1, -0.05) is 35.1 Å². The first-order valence-electron chi connectivity index (χ1n) is 9.02. The molecule has 4 rings (SSSR count). The number of nitrogens with one attached hydrogen (secondary N) is 1. The Labute approximate surface area is 189 Å². The number of nitro benzene ring substituents is 1. The number of amides is 1. The Balaban J connectivity index is 1.51. The van der Waals surface area contributed by atoms with Gasteiger partial charge in [-0.3, -0.25) is 14.9 Å². The summed E-state index contributed by atoms with van der Waals surface area (Å²) in [6.45, 7) is 0. The quantitative estimate of drug-likeness (QED) is 0.280. The Morgan fingerprint density at radius 2 is 1.81 bits per heavy atom. The predicted octanol–water partition coefficient (Wildman–Crippen LogP) is 5.83. The molecule has 0 saturated heterocycles. The zero-order chi connectivity index (χ0) is 22.7. The van der Waals surface area contributed by atoms with Gasteiger partial charge in [-0.2, -0.15) is 0 Å². The summed E-state index contributed by atoms with van der Waals surface area (Å²) in [5.41, 5.74) is 0.668. The molecule has 11 heteroatoms. The third kappa shape index (κ3) is 4.71. The van der Waals surface area contributed by atoms with E-state index in [1.807, 2.05) is 0 Å². The van der Waals surface area contributed by atoms with Crippen LogP contribution >= 0.6 is 22.9 Å². The van der Waals surface area contributed by atoms with Crippen molar-refractivity contribution in [2.45, 2.75) is 0 Å². The number of carbonyl (C=O) groups excluding carboxylic acids is 1. The number of hydrogen-bond acceptors (Lipinski definition) is 7. The van der Waals surface area contributed by atoms with Gasteiger partial charge < -0.3 is 9.73 Å². The number of benzene rings is 2. The Kier molecular flexibility index (Phi) is 6.06. The molecule has 4 aromatic rings. The first kappa shape index (κ1) is 21.3. The zero-order valence-electron chi connectivity index (χ0n) is 16.0. The number of nitrogens with zero attached hydrogens (tertiary/aromatic N) is 3. The number of para-hydroxylation sites is 1. The summed E-state index contributed by atoms with van der Waals surface area (Å²) in [7, 11) is 0. The second-order valence-corrected chi connectivity index (χ2v) is 7.73. The standard InChI is InChI=1S/C21H12ClFN4O4S/c22-16(11-14-9-10-18(31-14)15-3-1-2-4-17(15)27(29)30)20-25-26-21(32-20)19(28)24-13-7-5-12(23)6-8-13/h1-11H,(H,24,28)/b16-11-. The number of carbonyl (C=O) groups is 1. The molecule has 32 heavy (non-hydrogen) atoms. The van der Waals surface area contributed by atoms with E-state index in [1.54, 1.807) is 30.3 Å². The fourth-order valence-electron chi connectivity index (χ4n) is 2.73. The van der Waals surface area contributed by atoms with Gasteiger partial charge in [0.1, 0.15) is 17.3 Å². The van der Waals surface area contributed by atoms with Crippen molar-refractivity contribution in [1.29, 1.82) is 0 Å². The average Bonchev–Trinajstić information content (AvgIpc) is 3.45. The highest BCUT2D eigenvalue weighted by Crippen LogP contribution is 2.32. The van der Waals surface area contributed by atoms with E-state index in [1.165, 1.54) is 36.4 Å². The first-order valence-corrected chi connectivity index (χ1v) is 10.2. The topological polar surface area (TPSA) is 111 Å². The van der Waals surface area contributed by atoms with Gasteiger partial charge in [-0.05, 0) is 42.5 Å². The molecule has 0 bridgehead atoms. The van der Waals surface area contributed by atoms with Gasteiger partial charge in [0.15, 0.2) is 5.01 Å². The lowest BCUT2D eigenvalue weighted by Gasteiger charge is -2.01. The molecular weight excluding hydrogens is 459 g/mol. The number of furan rings is 1. The van der Waals surface area contributed by atoms with Crippen LogP contribution in [0.3, 0.4) is 0 Å². The largest absolute Gasteiger partial charge is 0.456 e. The van der Waals surface area contributed by atoms with E-state index in [-0.39, 0.29) is 20.7 Å². The minimum Gasteiger partial charge on any atom is -0.456 e. The van der Waals surface area contributed by atoms with Crippen LogP contribution in [-0.2, 0) is 0 Å². The first-order chi connectivity index (χ1) is 15.4. The Morgan fingerprint density at radius 3 is 2.56 bits per heavy atom. The third-order valence-corrected chi connectivity index (χ3v) is 5.54. The molecule has 2 aromatic heterocycles. The number of halogens is 2. The van der Waals surface area contributed by atoms with Crippen LogP contribution in [0.5, 0.6) is 0 Å². The number of hydrogen-bond donors (Lipinski definition) is 1. The second-order valence-electron chi connectivity index (χ2n) is 6.34. The fourth-order valence-corrected chi connectivity index (χ4v) is 3.64.